The van der Waals surface area contributed by atoms with E-state index in [9.17, 15) is 4.79 Å². The Bertz CT molecular complexity index is 1010. The van der Waals surface area contributed by atoms with Crippen molar-refractivity contribution in [3.05, 3.63) is 54.3 Å². The molecule has 5 heteroatoms. The van der Waals surface area contributed by atoms with Gasteiger partial charge in [-0.1, -0.05) is 18.2 Å². The van der Waals surface area contributed by atoms with E-state index >= 15 is 0 Å². The van der Waals surface area contributed by atoms with Crippen molar-refractivity contribution >= 4 is 16.8 Å². The van der Waals surface area contributed by atoms with Gasteiger partial charge in [0, 0.05) is 5.39 Å². The summed E-state index contributed by atoms with van der Waals surface area (Å²) in [6.45, 7) is 0. The monoisotopic (exact) mass is 346 g/mol. The highest BCUT2D eigenvalue weighted by atomic mass is 16.5. The molecular weight excluding hydrogens is 328 g/mol. The number of hydrogen-bond acceptors (Lipinski definition) is 4. The summed E-state index contributed by atoms with van der Waals surface area (Å²) >= 11 is 0. The third kappa shape index (κ3) is 2.07. The number of para-hydroxylation sites is 1. The third-order valence-corrected chi connectivity index (χ3v) is 6.06. The number of benzene rings is 1. The number of nitrogens with zero attached hydrogens (tertiary/aromatic N) is 1. The maximum atomic E-state index is 13.1. The van der Waals surface area contributed by atoms with E-state index in [1.165, 1.54) is 6.42 Å². The van der Waals surface area contributed by atoms with Crippen LogP contribution in [0.1, 0.15) is 23.2 Å². The minimum absolute atomic E-state index is 0.0604. The topological polar surface area (TPSA) is 64.4 Å². The highest BCUT2D eigenvalue weighted by molar-refractivity contribution is 6.07. The first-order chi connectivity index (χ1) is 12.8. The highest BCUT2D eigenvalue weighted by Gasteiger charge is 2.62. The summed E-state index contributed by atoms with van der Waals surface area (Å²) in [6.07, 6.45) is 4.37. The van der Waals surface area contributed by atoms with Gasteiger partial charge in [0.2, 0.25) is 0 Å². The zero-order valence-corrected chi connectivity index (χ0v) is 14.1. The maximum absolute atomic E-state index is 13.1. The fraction of sp³-hybridized carbons (Fsp3) is 0.333. The molecule has 3 aliphatic rings. The molecular formula is C21H18N2O3. The van der Waals surface area contributed by atoms with Crippen molar-refractivity contribution in [1.29, 1.82) is 0 Å². The molecule has 1 aliphatic carbocycles. The van der Waals surface area contributed by atoms with Crippen LogP contribution in [0.4, 0.5) is 0 Å². The smallest absolute Gasteiger partial charge is 0.252 e. The van der Waals surface area contributed by atoms with Gasteiger partial charge in [0.05, 0.1) is 35.6 Å². The molecule has 5 nitrogen and oxygen atoms in total. The molecule has 4 heterocycles. The average molecular weight is 346 g/mol. The normalized spacial score (nSPS) is 31.2. The zero-order valence-electron chi connectivity index (χ0n) is 14.1. The number of carbonyl (C=O) groups is 1. The molecule has 3 fully saturated rings. The van der Waals surface area contributed by atoms with Gasteiger partial charge < -0.3 is 14.5 Å². The minimum Gasteiger partial charge on any atom is -0.463 e. The highest BCUT2D eigenvalue weighted by Crippen LogP contribution is 2.58. The van der Waals surface area contributed by atoms with Crippen molar-refractivity contribution in [3.8, 4) is 11.5 Å². The van der Waals surface area contributed by atoms with Gasteiger partial charge in [-0.2, -0.15) is 0 Å². The van der Waals surface area contributed by atoms with Gasteiger partial charge in [-0.15, -0.1) is 0 Å². The van der Waals surface area contributed by atoms with Crippen LogP contribution in [0.3, 0.4) is 0 Å². The Morgan fingerprint density at radius 3 is 2.85 bits per heavy atom. The van der Waals surface area contributed by atoms with E-state index in [0.717, 1.165) is 23.2 Å². The first kappa shape index (κ1) is 14.5. The van der Waals surface area contributed by atoms with Gasteiger partial charge in [-0.05, 0) is 48.9 Å². The molecule has 1 aromatic carbocycles. The Kier molecular flexibility index (Phi) is 2.89. The van der Waals surface area contributed by atoms with E-state index in [1.807, 2.05) is 42.5 Å². The van der Waals surface area contributed by atoms with Crippen molar-refractivity contribution in [1.82, 2.24) is 10.3 Å². The number of carbonyl (C=O) groups excluding carboxylic acids is 1. The lowest BCUT2D eigenvalue weighted by atomic mass is 9.95. The first-order valence-electron chi connectivity index (χ1n) is 9.18. The summed E-state index contributed by atoms with van der Waals surface area (Å²) < 4.78 is 11.5. The SMILES string of the molecule is O=C(N[C@@H]1C[C@@H]2O[C@H]1[C@H]1C[C@H]12)c1cc(-c2ccco2)nc2ccccc12. The van der Waals surface area contributed by atoms with Crippen LogP contribution in [0.15, 0.2) is 53.1 Å². The van der Waals surface area contributed by atoms with Crippen molar-refractivity contribution < 1.29 is 13.9 Å². The first-order valence-corrected chi connectivity index (χ1v) is 9.18. The molecule has 6 rings (SSSR count). The molecule has 130 valence electrons. The lowest BCUT2D eigenvalue weighted by Gasteiger charge is -2.20. The lowest BCUT2D eigenvalue weighted by Crippen LogP contribution is -2.42. The van der Waals surface area contributed by atoms with E-state index in [0.29, 0.717) is 29.0 Å². The van der Waals surface area contributed by atoms with Crippen LogP contribution in [0, 0.1) is 11.8 Å². The largest absolute Gasteiger partial charge is 0.463 e. The third-order valence-electron chi connectivity index (χ3n) is 6.06. The summed E-state index contributed by atoms with van der Waals surface area (Å²) in [4.78, 5) is 17.8. The second-order valence-corrected chi connectivity index (χ2v) is 7.57. The summed E-state index contributed by atoms with van der Waals surface area (Å²) in [7, 11) is 0. The lowest BCUT2D eigenvalue weighted by molar-refractivity contribution is 0.0632. The number of nitrogens with one attached hydrogen (secondary N) is 1. The summed E-state index contributed by atoms with van der Waals surface area (Å²) in [5.74, 6) is 2.01. The Morgan fingerprint density at radius 1 is 1.12 bits per heavy atom. The van der Waals surface area contributed by atoms with Gasteiger partial charge in [0.1, 0.15) is 5.69 Å². The van der Waals surface area contributed by atoms with Crippen LogP contribution >= 0.6 is 0 Å². The quantitative estimate of drug-likeness (QED) is 0.789. The van der Waals surface area contributed by atoms with Gasteiger partial charge in [-0.25, -0.2) is 4.98 Å². The van der Waals surface area contributed by atoms with E-state index in [4.69, 9.17) is 9.15 Å². The number of rotatable bonds is 3. The number of amides is 1. The number of aromatic nitrogens is 1. The van der Waals surface area contributed by atoms with Gasteiger partial charge in [0.25, 0.3) is 5.91 Å². The molecule has 2 saturated heterocycles. The van der Waals surface area contributed by atoms with E-state index in [1.54, 1.807) is 6.26 Å². The van der Waals surface area contributed by atoms with Crippen LogP contribution in [0.5, 0.6) is 0 Å². The van der Waals surface area contributed by atoms with Crippen LogP contribution < -0.4 is 5.32 Å². The van der Waals surface area contributed by atoms with Crippen LogP contribution in [0.25, 0.3) is 22.4 Å². The second-order valence-electron chi connectivity index (χ2n) is 7.57. The molecule has 5 atom stereocenters. The molecule has 26 heavy (non-hydrogen) atoms. The molecule has 0 unspecified atom stereocenters. The molecule has 0 spiro atoms. The summed E-state index contributed by atoms with van der Waals surface area (Å²) in [5.41, 5.74) is 2.10. The number of furan rings is 1. The number of pyridine rings is 1. The van der Waals surface area contributed by atoms with Crippen LogP contribution in [-0.4, -0.2) is 29.1 Å². The van der Waals surface area contributed by atoms with E-state index in [-0.39, 0.29) is 18.1 Å². The van der Waals surface area contributed by atoms with E-state index < -0.39 is 0 Å². The predicted octanol–water partition coefficient (Wildman–Crippen LogP) is 3.40. The molecule has 2 aromatic heterocycles. The Balaban J connectivity index is 1.38. The van der Waals surface area contributed by atoms with Crippen LogP contribution in [-0.2, 0) is 4.74 Å². The molecule has 1 N–H and O–H groups in total. The van der Waals surface area contributed by atoms with Crippen LogP contribution in [0.2, 0.25) is 0 Å². The van der Waals surface area contributed by atoms with Crippen molar-refractivity contribution in [2.24, 2.45) is 11.8 Å². The molecule has 3 aromatic rings. The van der Waals surface area contributed by atoms with Crippen molar-refractivity contribution in [3.63, 3.8) is 0 Å². The van der Waals surface area contributed by atoms with Crippen molar-refractivity contribution in [2.45, 2.75) is 31.1 Å². The number of ether oxygens (including phenoxy) is 1. The van der Waals surface area contributed by atoms with E-state index in [2.05, 4.69) is 10.3 Å². The predicted molar refractivity (Wildman–Crippen MR) is 95.6 cm³/mol. The molecule has 2 aliphatic heterocycles. The standard InChI is InChI=1S/C21H18N2O3/c24-21(23-17-10-19-12-8-13(12)20(17)26-19)14-9-16(18-6-3-7-25-18)22-15-5-2-1-4-11(14)15/h1-7,9,12-13,17,19-20H,8,10H2,(H,23,24)/t12-,13+,17-,19+,20+/m1/s1. The van der Waals surface area contributed by atoms with Gasteiger partial charge >= 0.3 is 0 Å². The molecule has 0 radical (unpaired) electrons. The Labute approximate surface area is 150 Å². The summed E-state index contributed by atoms with van der Waals surface area (Å²) in [5, 5.41) is 4.08. The Morgan fingerprint density at radius 2 is 2.04 bits per heavy atom. The molecule has 1 amide bonds. The van der Waals surface area contributed by atoms with Gasteiger partial charge in [0.15, 0.2) is 5.76 Å². The summed E-state index contributed by atoms with van der Waals surface area (Å²) in [6, 6.07) is 13.4. The number of fused-ring (bicyclic) bond motifs is 6. The van der Waals surface area contributed by atoms with Gasteiger partial charge in [-0.3, -0.25) is 4.79 Å². The fourth-order valence-electron chi connectivity index (χ4n) is 4.75. The second kappa shape index (κ2) is 5.17. The zero-order chi connectivity index (χ0) is 17.3. The molecule has 1 saturated carbocycles. The average Bonchev–Trinajstić information content (AvgIpc) is 3.02. The number of hydrogen-bond donors (Lipinski definition) is 1. The molecule has 2 bridgehead atoms. The minimum atomic E-state index is -0.0604. The Hall–Kier alpha value is -2.66. The maximum Gasteiger partial charge on any atom is 0.252 e. The fourth-order valence-corrected chi connectivity index (χ4v) is 4.75. The van der Waals surface area contributed by atoms with Crippen molar-refractivity contribution in [2.75, 3.05) is 0 Å².